The molecule has 0 N–H and O–H groups in total. The summed E-state index contributed by atoms with van der Waals surface area (Å²) >= 11 is 1.79. The maximum atomic E-state index is 2.58. The molecule has 0 spiro atoms. The first-order valence-corrected chi connectivity index (χ1v) is 41.8. The first kappa shape index (κ1) is 10.4. The standard InChI is InChI=1S/2CH3.4Y/h2*1H3;;;;. The fourth-order valence-corrected chi connectivity index (χ4v) is 272. The molecule has 0 amide bonds. The van der Waals surface area contributed by atoms with Gasteiger partial charge in [0.2, 0.25) is 0 Å². The summed E-state index contributed by atoms with van der Waals surface area (Å²) in [5.41, 5.74) is 0. The van der Waals surface area contributed by atoms with Crippen molar-refractivity contribution in [2.75, 3.05) is 0 Å². The predicted octanol–water partition coefficient (Wildman–Crippen LogP) is 1.16. The van der Waals surface area contributed by atoms with Gasteiger partial charge < -0.3 is 0 Å². The second kappa shape index (κ2) is 9.42. The van der Waals surface area contributed by atoms with Crippen molar-refractivity contribution >= 4 is 0 Å². The molecule has 0 bridgehead atoms. The van der Waals surface area contributed by atoms with Crippen molar-refractivity contribution in [3.05, 3.63) is 0 Å². The van der Waals surface area contributed by atoms with Gasteiger partial charge >= 0.3 is 79.4 Å². The van der Waals surface area contributed by atoms with E-state index in [2.05, 4.69) is 7.47 Å². The molecular formula is C2H6Y4. The van der Waals surface area contributed by atoms with Gasteiger partial charge in [-0.05, 0) is 0 Å². The van der Waals surface area contributed by atoms with Crippen LogP contribution in [0.3, 0.4) is 0 Å². The van der Waals surface area contributed by atoms with Gasteiger partial charge in [0, 0.05) is 0 Å². The van der Waals surface area contributed by atoms with Gasteiger partial charge in [0.05, 0.1) is 0 Å². The zero-order chi connectivity index (χ0) is 4.83. The maximum absolute atomic E-state index is 2.58. The quantitative estimate of drug-likeness (QED) is 0.640. The summed E-state index contributed by atoms with van der Waals surface area (Å²) in [5.74, 6) is 0. The molecule has 0 unspecified atom stereocenters. The molecule has 0 nitrogen and oxygen atoms in total. The van der Waals surface area contributed by atoms with E-state index in [9.17, 15) is 0 Å². The molecule has 4 heteroatoms. The summed E-state index contributed by atoms with van der Waals surface area (Å²) in [5, 5.41) is 0. The van der Waals surface area contributed by atoms with Crippen LogP contribution in [0.5, 0.6) is 0 Å². The molecule has 0 atom stereocenters. The summed E-state index contributed by atoms with van der Waals surface area (Å²) in [7, 11) is 0. The van der Waals surface area contributed by atoms with Crippen molar-refractivity contribution in [3.63, 3.8) is 0 Å². The number of hydrogen-bond acceptors (Lipinski definition) is 0. The molecular weight excluding hydrogens is 380 g/mol. The molecule has 0 aromatic heterocycles. The number of rotatable bonds is 3. The monoisotopic (exact) mass is 386 g/mol. The van der Waals surface area contributed by atoms with Crippen LogP contribution in [0.1, 0.15) is 0 Å². The molecule has 0 aromatic carbocycles. The van der Waals surface area contributed by atoms with Gasteiger partial charge in [-0.1, -0.05) is 0 Å². The summed E-state index contributed by atoms with van der Waals surface area (Å²) in [6.07, 6.45) is 0. The third kappa shape index (κ3) is 8.42. The van der Waals surface area contributed by atoms with E-state index in [-0.39, 0.29) is 0 Å². The van der Waals surface area contributed by atoms with E-state index in [1.54, 1.807) is 0 Å². The average molecular weight is 386 g/mol. The SMILES string of the molecule is [CH3][Y][Y][Y][Y][CH3]. The molecule has 0 aromatic rings. The molecule has 0 aliphatic carbocycles. The van der Waals surface area contributed by atoms with E-state index in [4.69, 9.17) is 0 Å². The van der Waals surface area contributed by atoms with Crippen molar-refractivity contribution in [1.29, 1.82) is 0 Å². The zero-order valence-corrected chi connectivity index (χ0v) is 15.7. The van der Waals surface area contributed by atoms with Crippen LogP contribution in [0, 0.1) is 0 Å². The van der Waals surface area contributed by atoms with Crippen molar-refractivity contribution in [2.24, 2.45) is 0 Å². The van der Waals surface area contributed by atoms with Crippen LogP contribution in [0.4, 0.5) is 0 Å². The molecule has 0 radical (unpaired) electrons. The molecule has 0 aliphatic heterocycles. The first-order valence-electron chi connectivity index (χ1n) is 2.15. The minimum absolute atomic E-state index is 0.375. The Bertz CT molecular complexity index is 17.5. The van der Waals surface area contributed by atoms with E-state index >= 15 is 0 Å². The Morgan fingerprint density at radius 1 is 0.833 bits per heavy atom. The molecule has 0 fully saturated rings. The Morgan fingerprint density at radius 3 is 1.33 bits per heavy atom. The summed E-state index contributed by atoms with van der Waals surface area (Å²) < 4.78 is 5.17. The van der Waals surface area contributed by atoms with Gasteiger partial charge in [0.15, 0.2) is 0 Å². The molecule has 0 aliphatic rings. The van der Waals surface area contributed by atoms with Crippen molar-refractivity contribution in [2.45, 2.75) is 7.47 Å². The van der Waals surface area contributed by atoms with Gasteiger partial charge in [-0.25, -0.2) is 0 Å². The van der Waals surface area contributed by atoms with Gasteiger partial charge in [-0.2, -0.15) is 0 Å². The first-order chi connectivity index (χ1) is 2.91. The molecule has 0 saturated heterocycles. The van der Waals surface area contributed by atoms with E-state index in [0.29, 0.717) is 71.9 Å². The predicted molar refractivity (Wildman–Crippen MR) is 11.7 cm³/mol. The Morgan fingerprint density at radius 2 is 1.17 bits per heavy atom. The molecule has 6 heavy (non-hydrogen) atoms. The van der Waals surface area contributed by atoms with Crippen LogP contribution in [-0.2, 0) is 71.9 Å². The van der Waals surface area contributed by atoms with Crippen LogP contribution < -0.4 is 0 Å². The Kier molecular flexibility index (Phi) is 16.3. The van der Waals surface area contributed by atoms with Crippen LogP contribution in [-0.4, -0.2) is 0 Å². The van der Waals surface area contributed by atoms with Crippen LogP contribution in [0.15, 0.2) is 0 Å². The van der Waals surface area contributed by atoms with Gasteiger partial charge in [0.25, 0.3) is 0 Å². The van der Waals surface area contributed by atoms with E-state index in [0.717, 1.165) is 0 Å². The number of hydrogen-bond donors (Lipinski definition) is 0. The van der Waals surface area contributed by atoms with Crippen molar-refractivity contribution in [3.8, 4) is 0 Å². The van der Waals surface area contributed by atoms with Gasteiger partial charge in [0.1, 0.15) is 0 Å². The van der Waals surface area contributed by atoms with Gasteiger partial charge in [-0.3, -0.25) is 0 Å². The van der Waals surface area contributed by atoms with Crippen molar-refractivity contribution in [1.82, 2.24) is 0 Å². The summed E-state index contributed by atoms with van der Waals surface area (Å²) in [4.78, 5) is 0. The topological polar surface area (TPSA) is 0 Å². The van der Waals surface area contributed by atoms with Crippen LogP contribution >= 0.6 is 0 Å². The van der Waals surface area contributed by atoms with Gasteiger partial charge in [-0.15, -0.1) is 0 Å². The fraction of sp³-hybridized carbons (Fsp3) is 1.00. The van der Waals surface area contributed by atoms with Crippen LogP contribution in [0.25, 0.3) is 0 Å². The fourth-order valence-electron chi connectivity index (χ4n) is 0.222. The normalized spacial score (nSPS) is 3.67. The third-order valence-electron chi connectivity index (χ3n) is 0.496. The molecule has 0 heterocycles. The average Bonchev–Trinajstić information content (AvgIpc) is 1.61. The summed E-state index contributed by atoms with van der Waals surface area (Å²) in [6, 6.07) is 0. The molecule has 26 valence electrons. The van der Waals surface area contributed by atoms with Crippen molar-refractivity contribution < 1.29 is 71.9 Å². The Labute approximate surface area is 75.3 Å². The second-order valence-electron chi connectivity index (χ2n) is 1.05. The Balaban J connectivity index is 2.34. The molecule has 0 rings (SSSR count). The van der Waals surface area contributed by atoms with E-state index in [1.165, 1.54) is 0 Å². The minimum atomic E-state index is 0.375. The zero-order valence-electron chi connectivity index (χ0n) is 4.31. The third-order valence-corrected chi connectivity index (χ3v) is 216. The molecule has 0 saturated carbocycles. The summed E-state index contributed by atoms with van der Waals surface area (Å²) in [6.45, 7) is 0. The van der Waals surface area contributed by atoms with E-state index < -0.39 is 0 Å². The second-order valence-corrected chi connectivity index (χ2v) is 103. The van der Waals surface area contributed by atoms with E-state index in [1.807, 2.05) is 0 Å². The Hall–Kier alpha value is 4.42. The van der Waals surface area contributed by atoms with Crippen LogP contribution in [0.2, 0.25) is 7.47 Å².